The van der Waals surface area contributed by atoms with Crippen LogP contribution in [0.5, 0.6) is 5.75 Å². The summed E-state index contributed by atoms with van der Waals surface area (Å²) in [7, 11) is 1.64. The van der Waals surface area contributed by atoms with Gasteiger partial charge in [-0.15, -0.1) is 0 Å². The number of rotatable bonds is 3. The molecule has 0 bridgehead atoms. The third-order valence-electron chi connectivity index (χ3n) is 3.29. The second-order valence-electron chi connectivity index (χ2n) is 4.52. The van der Waals surface area contributed by atoms with E-state index in [1.165, 1.54) is 0 Å². The molecular weight excluding hydrogens is 226 g/mol. The van der Waals surface area contributed by atoms with E-state index in [1.807, 2.05) is 18.2 Å². The Morgan fingerprint density at radius 3 is 3.06 bits per heavy atom. The summed E-state index contributed by atoms with van der Waals surface area (Å²) in [5.41, 5.74) is 1.47. The first-order valence-electron chi connectivity index (χ1n) is 6.39. The number of ether oxygens (including phenoxy) is 1. The van der Waals surface area contributed by atoms with Gasteiger partial charge in [0.1, 0.15) is 11.8 Å². The Morgan fingerprint density at radius 2 is 2.28 bits per heavy atom. The third-order valence-corrected chi connectivity index (χ3v) is 3.29. The fourth-order valence-electron chi connectivity index (χ4n) is 2.31. The van der Waals surface area contributed by atoms with Crippen LogP contribution in [0.4, 0.5) is 5.69 Å². The van der Waals surface area contributed by atoms with Crippen LogP contribution in [-0.2, 0) is 0 Å². The standard InChI is InChI=1S/C14H19N3O/c1-18-13-6-2-4-11(10-15)14(13)17-12-5-3-8-16-9-7-12/h2,4,6,12,16-17H,3,5,7-9H2,1H3. The summed E-state index contributed by atoms with van der Waals surface area (Å²) in [5, 5.41) is 16.0. The van der Waals surface area contributed by atoms with Crippen molar-refractivity contribution in [2.75, 3.05) is 25.5 Å². The Kier molecular flexibility index (Phi) is 4.43. The smallest absolute Gasteiger partial charge is 0.143 e. The largest absolute Gasteiger partial charge is 0.495 e. The number of nitrogens with zero attached hydrogens (tertiary/aromatic N) is 1. The highest BCUT2D eigenvalue weighted by molar-refractivity contribution is 5.66. The van der Waals surface area contributed by atoms with Crippen molar-refractivity contribution in [3.63, 3.8) is 0 Å². The van der Waals surface area contributed by atoms with Crippen molar-refractivity contribution in [1.29, 1.82) is 5.26 Å². The van der Waals surface area contributed by atoms with E-state index in [-0.39, 0.29) is 0 Å². The number of para-hydroxylation sites is 1. The molecule has 0 saturated carbocycles. The molecule has 1 aliphatic rings. The minimum Gasteiger partial charge on any atom is -0.495 e. The summed E-state index contributed by atoms with van der Waals surface area (Å²) in [4.78, 5) is 0. The Balaban J connectivity index is 2.18. The van der Waals surface area contributed by atoms with Crippen LogP contribution in [0.25, 0.3) is 0 Å². The molecule has 2 rings (SSSR count). The monoisotopic (exact) mass is 245 g/mol. The van der Waals surface area contributed by atoms with Crippen molar-refractivity contribution in [2.24, 2.45) is 0 Å². The fraction of sp³-hybridized carbons (Fsp3) is 0.500. The molecule has 0 radical (unpaired) electrons. The molecule has 1 unspecified atom stereocenters. The second-order valence-corrected chi connectivity index (χ2v) is 4.52. The van der Waals surface area contributed by atoms with Gasteiger partial charge in [0, 0.05) is 6.04 Å². The molecule has 1 saturated heterocycles. The Hall–Kier alpha value is -1.73. The number of nitriles is 1. The molecule has 0 aromatic heterocycles. The van der Waals surface area contributed by atoms with Crippen molar-refractivity contribution >= 4 is 5.69 Å². The van der Waals surface area contributed by atoms with Crippen molar-refractivity contribution in [3.8, 4) is 11.8 Å². The topological polar surface area (TPSA) is 57.1 Å². The number of benzene rings is 1. The van der Waals surface area contributed by atoms with Crippen LogP contribution in [0.3, 0.4) is 0 Å². The predicted molar refractivity (Wildman–Crippen MR) is 71.8 cm³/mol. The van der Waals surface area contributed by atoms with Gasteiger partial charge in [-0.2, -0.15) is 5.26 Å². The summed E-state index contributed by atoms with van der Waals surface area (Å²) in [6, 6.07) is 8.17. The van der Waals surface area contributed by atoms with Crippen LogP contribution in [0.15, 0.2) is 18.2 Å². The van der Waals surface area contributed by atoms with E-state index >= 15 is 0 Å². The van der Waals surface area contributed by atoms with Gasteiger partial charge in [0.25, 0.3) is 0 Å². The van der Waals surface area contributed by atoms with Gasteiger partial charge in [-0.1, -0.05) is 6.07 Å². The Labute approximate surface area is 108 Å². The first-order chi connectivity index (χ1) is 8.85. The highest BCUT2D eigenvalue weighted by atomic mass is 16.5. The maximum Gasteiger partial charge on any atom is 0.143 e. The molecule has 4 heteroatoms. The SMILES string of the molecule is COc1cccc(C#N)c1NC1CCCNCC1. The van der Waals surface area contributed by atoms with E-state index in [9.17, 15) is 0 Å². The zero-order valence-corrected chi connectivity index (χ0v) is 10.7. The lowest BCUT2D eigenvalue weighted by molar-refractivity contribution is 0.415. The van der Waals surface area contributed by atoms with Crippen LogP contribution in [0, 0.1) is 11.3 Å². The molecule has 1 aromatic rings. The molecule has 0 spiro atoms. The maximum absolute atomic E-state index is 9.17. The lowest BCUT2D eigenvalue weighted by Crippen LogP contribution is -2.22. The number of hydrogen-bond acceptors (Lipinski definition) is 4. The van der Waals surface area contributed by atoms with Crippen molar-refractivity contribution in [3.05, 3.63) is 23.8 Å². The van der Waals surface area contributed by atoms with E-state index in [2.05, 4.69) is 16.7 Å². The zero-order chi connectivity index (χ0) is 12.8. The van der Waals surface area contributed by atoms with Gasteiger partial charge in [-0.3, -0.25) is 0 Å². The van der Waals surface area contributed by atoms with Gasteiger partial charge < -0.3 is 15.4 Å². The number of methoxy groups -OCH3 is 1. The lowest BCUT2D eigenvalue weighted by Gasteiger charge is -2.20. The number of anilines is 1. The molecule has 1 fully saturated rings. The minimum absolute atomic E-state index is 0.406. The van der Waals surface area contributed by atoms with Gasteiger partial charge in [0.2, 0.25) is 0 Å². The molecule has 2 N–H and O–H groups in total. The first kappa shape index (κ1) is 12.7. The van der Waals surface area contributed by atoms with E-state index in [0.717, 1.165) is 43.8 Å². The van der Waals surface area contributed by atoms with Gasteiger partial charge in [0.15, 0.2) is 0 Å². The van der Waals surface area contributed by atoms with Gasteiger partial charge >= 0.3 is 0 Å². The summed E-state index contributed by atoms with van der Waals surface area (Å²) >= 11 is 0. The van der Waals surface area contributed by atoms with Crippen LogP contribution in [0.1, 0.15) is 24.8 Å². The van der Waals surface area contributed by atoms with E-state index in [4.69, 9.17) is 10.00 Å². The normalized spacial score (nSPS) is 19.7. The minimum atomic E-state index is 0.406. The molecule has 96 valence electrons. The van der Waals surface area contributed by atoms with E-state index < -0.39 is 0 Å². The molecule has 1 heterocycles. The number of nitrogens with one attached hydrogen (secondary N) is 2. The average Bonchev–Trinajstić information content (AvgIpc) is 2.67. The van der Waals surface area contributed by atoms with Gasteiger partial charge in [-0.25, -0.2) is 0 Å². The first-order valence-corrected chi connectivity index (χ1v) is 6.39. The van der Waals surface area contributed by atoms with Crippen LogP contribution in [-0.4, -0.2) is 26.2 Å². The molecule has 0 aliphatic carbocycles. The molecule has 18 heavy (non-hydrogen) atoms. The number of hydrogen-bond donors (Lipinski definition) is 2. The van der Waals surface area contributed by atoms with Gasteiger partial charge in [0.05, 0.1) is 18.4 Å². The quantitative estimate of drug-likeness (QED) is 0.856. The third kappa shape index (κ3) is 2.93. The van der Waals surface area contributed by atoms with Gasteiger partial charge in [-0.05, 0) is 44.5 Å². The van der Waals surface area contributed by atoms with Crippen molar-refractivity contribution < 1.29 is 4.74 Å². The van der Waals surface area contributed by atoms with E-state index in [0.29, 0.717) is 11.6 Å². The highest BCUT2D eigenvalue weighted by Gasteiger charge is 2.16. The molecule has 1 atom stereocenters. The molecule has 4 nitrogen and oxygen atoms in total. The zero-order valence-electron chi connectivity index (χ0n) is 10.7. The Morgan fingerprint density at radius 1 is 1.39 bits per heavy atom. The second kappa shape index (κ2) is 6.27. The van der Waals surface area contributed by atoms with E-state index in [1.54, 1.807) is 7.11 Å². The summed E-state index contributed by atoms with van der Waals surface area (Å²) < 4.78 is 5.33. The average molecular weight is 245 g/mol. The van der Waals surface area contributed by atoms with Crippen molar-refractivity contribution in [1.82, 2.24) is 5.32 Å². The predicted octanol–water partition coefficient (Wildman–Crippen LogP) is 2.12. The highest BCUT2D eigenvalue weighted by Crippen LogP contribution is 2.29. The van der Waals surface area contributed by atoms with Crippen LogP contribution < -0.4 is 15.4 Å². The fourth-order valence-corrected chi connectivity index (χ4v) is 2.31. The lowest BCUT2D eigenvalue weighted by atomic mass is 10.1. The molecule has 0 amide bonds. The van der Waals surface area contributed by atoms with Crippen molar-refractivity contribution in [2.45, 2.75) is 25.3 Å². The maximum atomic E-state index is 9.17. The van der Waals surface area contributed by atoms with Crippen LogP contribution >= 0.6 is 0 Å². The molecule has 1 aliphatic heterocycles. The summed E-state index contributed by atoms with van der Waals surface area (Å²) in [5.74, 6) is 0.742. The molecule has 1 aromatic carbocycles. The molecular formula is C14H19N3O. The summed E-state index contributed by atoms with van der Waals surface area (Å²) in [6.07, 6.45) is 3.35. The van der Waals surface area contributed by atoms with Crippen LogP contribution in [0.2, 0.25) is 0 Å². The summed E-state index contributed by atoms with van der Waals surface area (Å²) in [6.45, 7) is 2.10. The Bertz CT molecular complexity index is 431.